The normalized spacial score (nSPS) is 20.2. The molecular formula is C28H41Cl2N5O6S. The van der Waals surface area contributed by atoms with Gasteiger partial charge in [-0.15, -0.1) is 12.4 Å². The van der Waals surface area contributed by atoms with Crippen molar-refractivity contribution in [3.8, 4) is 17.2 Å². The van der Waals surface area contributed by atoms with Crippen LogP contribution < -0.4 is 24.8 Å². The molecule has 0 saturated carbocycles. The fourth-order valence-electron chi connectivity index (χ4n) is 5.61. The van der Waals surface area contributed by atoms with Crippen molar-refractivity contribution < 1.29 is 27.4 Å². The third-order valence-electron chi connectivity index (χ3n) is 7.84. The molecule has 0 unspecified atom stereocenters. The molecule has 234 valence electrons. The van der Waals surface area contributed by atoms with Crippen molar-refractivity contribution in [2.45, 2.75) is 31.3 Å². The summed E-state index contributed by atoms with van der Waals surface area (Å²) in [6.45, 7) is 2.13. The van der Waals surface area contributed by atoms with Gasteiger partial charge in [0.2, 0.25) is 5.75 Å². The van der Waals surface area contributed by atoms with E-state index in [0.29, 0.717) is 35.4 Å². The van der Waals surface area contributed by atoms with Crippen LogP contribution in [0.1, 0.15) is 18.4 Å². The summed E-state index contributed by atoms with van der Waals surface area (Å²) < 4.78 is 44.8. The first-order valence-electron chi connectivity index (χ1n) is 13.6. The fraction of sp³-hybridized carbons (Fsp3) is 0.536. The Morgan fingerprint density at radius 2 is 1.60 bits per heavy atom. The van der Waals surface area contributed by atoms with E-state index in [1.807, 2.05) is 12.1 Å². The van der Waals surface area contributed by atoms with Crippen molar-refractivity contribution in [2.75, 3.05) is 66.9 Å². The second-order valence-electron chi connectivity index (χ2n) is 10.6. The van der Waals surface area contributed by atoms with Gasteiger partial charge in [-0.1, -0.05) is 23.7 Å². The van der Waals surface area contributed by atoms with Crippen molar-refractivity contribution >= 4 is 45.9 Å². The molecule has 2 amide bonds. The predicted octanol–water partition coefficient (Wildman–Crippen LogP) is 3.72. The molecule has 2 aromatic rings. The third-order valence-corrected chi connectivity index (χ3v) is 9.96. The lowest BCUT2D eigenvalue weighted by molar-refractivity contribution is 0.125. The van der Waals surface area contributed by atoms with Crippen LogP contribution in [-0.2, 0) is 16.6 Å². The third kappa shape index (κ3) is 7.91. The molecule has 2 heterocycles. The molecule has 14 heteroatoms. The molecule has 0 spiro atoms. The van der Waals surface area contributed by atoms with Gasteiger partial charge in [-0.3, -0.25) is 4.90 Å². The van der Waals surface area contributed by atoms with E-state index in [0.717, 1.165) is 37.4 Å². The number of methoxy groups -OCH3 is 3. The molecule has 2 atom stereocenters. The average molecular weight is 647 g/mol. The van der Waals surface area contributed by atoms with Gasteiger partial charge in [-0.25, -0.2) is 4.79 Å². The largest absolute Gasteiger partial charge is 0.493 e. The number of likely N-dealkylation sites (tertiary alicyclic amines) is 1. The van der Waals surface area contributed by atoms with Crippen LogP contribution in [0.3, 0.4) is 0 Å². The smallest absolute Gasteiger partial charge is 0.319 e. The summed E-state index contributed by atoms with van der Waals surface area (Å²) in [6, 6.07) is 10.3. The van der Waals surface area contributed by atoms with E-state index < -0.39 is 22.3 Å². The highest BCUT2D eigenvalue weighted by Gasteiger charge is 2.43. The number of piperidine rings is 1. The van der Waals surface area contributed by atoms with Gasteiger partial charge in [0.1, 0.15) is 0 Å². The van der Waals surface area contributed by atoms with Crippen molar-refractivity contribution in [3.05, 3.63) is 47.0 Å². The minimum Gasteiger partial charge on any atom is -0.493 e. The average Bonchev–Trinajstić information content (AvgIpc) is 3.38. The van der Waals surface area contributed by atoms with Gasteiger partial charge in [-0.05, 0) is 56.0 Å². The fourth-order valence-corrected chi connectivity index (χ4v) is 6.89. The molecule has 11 nitrogen and oxygen atoms in total. The second-order valence-corrected chi connectivity index (χ2v) is 13.2. The Hall–Kier alpha value is -2.48. The van der Waals surface area contributed by atoms with Crippen molar-refractivity contribution in [3.63, 3.8) is 0 Å². The van der Waals surface area contributed by atoms with Gasteiger partial charge in [0, 0.05) is 50.4 Å². The van der Waals surface area contributed by atoms with Crippen LogP contribution in [-0.4, -0.2) is 102 Å². The Morgan fingerprint density at radius 1 is 1.00 bits per heavy atom. The van der Waals surface area contributed by atoms with E-state index in [1.54, 1.807) is 12.1 Å². The molecular weight excluding hydrogens is 605 g/mol. The van der Waals surface area contributed by atoms with Crippen LogP contribution in [0.4, 0.5) is 10.5 Å². The number of anilines is 1. The molecule has 0 bridgehead atoms. The lowest BCUT2D eigenvalue weighted by atomic mass is 9.89. The quantitative estimate of drug-likeness (QED) is 0.405. The Balaban J connectivity index is 0.00000484. The number of nitrogens with one attached hydrogen (secondary N) is 2. The number of ether oxygens (including phenoxy) is 3. The zero-order valence-corrected chi connectivity index (χ0v) is 27.0. The lowest BCUT2D eigenvalue weighted by Crippen LogP contribution is -2.54. The minimum atomic E-state index is -3.65. The van der Waals surface area contributed by atoms with E-state index in [4.69, 9.17) is 25.8 Å². The van der Waals surface area contributed by atoms with E-state index in [2.05, 4.69) is 27.7 Å². The molecule has 2 aliphatic heterocycles. The minimum absolute atomic E-state index is 0. The number of nitrogens with zero attached hydrogens (tertiary/aromatic N) is 3. The highest BCUT2D eigenvalue weighted by molar-refractivity contribution is 7.86. The van der Waals surface area contributed by atoms with Crippen molar-refractivity contribution in [2.24, 2.45) is 5.92 Å². The molecule has 0 aromatic heterocycles. The summed E-state index contributed by atoms with van der Waals surface area (Å²) in [5.41, 5.74) is 1.72. The Labute approximate surface area is 260 Å². The Morgan fingerprint density at radius 3 is 2.12 bits per heavy atom. The zero-order chi connectivity index (χ0) is 29.7. The second kappa shape index (κ2) is 14.8. The van der Waals surface area contributed by atoms with Crippen LogP contribution in [0.2, 0.25) is 5.02 Å². The van der Waals surface area contributed by atoms with E-state index in [-0.39, 0.29) is 25.0 Å². The summed E-state index contributed by atoms with van der Waals surface area (Å²) in [6.07, 6.45) is 2.96. The van der Waals surface area contributed by atoms with Gasteiger partial charge in [-0.2, -0.15) is 17.0 Å². The topological polar surface area (TPSA) is 113 Å². The molecule has 42 heavy (non-hydrogen) atoms. The van der Waals surface area contributed by atoms with Crippen LogP contribution in [0.25, 0.3) is 0 Å². The monoisotopic (exact) mass is 645 g/mol. The summed E-state index contributed by atoms with van der Waals surface area (Å²) in [5.74, 6) is 1.77. The number of amides is 2. The summed E-state index contributed by atoms with van der Waals surface area (Å²) >= 11 is 6.04. The number of carbonyl (C=O) groups excluding carboxylic acids is 1. The van der Waals surface area contributed by atoms with Gasteiger partial charge < -0.3 is 24.8 Å². The molecule has 2 aromatic carbocycles. The molecule has 0 radical (unpaired) electrons. The molecule has 2 aliphatic rings. The van der Waals surface area contributed by atoms with Gasteiger partial charge >= 0.3 is 6.03 Å². The van der Waals surface area contributed by atoms with Crippen molar-refractivity contribution in [1.29, 1.82) is 0 Å². The molecule has 2 N–H and O–H groups in total. The van der Waals surface area contributed by atoms with E-state index in [9.17, 15) is 13.2 Å². The SMILES string of the molecule is COc1cc(NC(=O)N[C@H]2CN(S(=O)(=O)N(C)C)C[C@@H]2N2CCC(Cc3ccc(Cl)cc3)CC2)cc(OC)c1OC.Cl. The van der Waals surface area contributed by atoms with Gasteiger partial charge in [0.15, 0.2) is 11.5 Å². The zero-order valence-electron chi connectivity index (χ0n) is 24.6. The van der Waals surface area contributed by atoms with E-state index >= 15 is 0 Å². The standard InChI is InChI=1S/C28H40ClN5O6S.ClH/c1-32(2)41(36,37)34-17-23(31-28(35)30-22-15-25(38-3)27(40-5)26(16-22)39-4)24(18-34)33-12-10-20(11-13-33)14-19-6-8-21(29)9-7-19;/h6-9,15-16,20,23-24H,10-14,17-18H2,1-5H3,(H2,30,31,35);1H/t23-,24-;/m0./s1. The number of benzene rings is 2. The lowest BCUT2D eigenvalue weighted by Gasteiger charge is -2.38. The molecule has 0 aliphatic carbocycles. The Bertz CT molecular complexity index is 1280. The summed E-state index contributed by atoms with van der Waals surface area (Å²) in [4.78, 5) is 15.5. The molecule has 2 saturated heterocycles. The molecule has 4 rings (SSSR count). The summed E-state index contributed by atoms with van der Waals surface area (Å²) in [7, 11) is 3.90. The predicted molar refractivity (Wildman–Crippen MR) is 167 cm³/mol. The van der Waals surface area contributed by atoms with Crippen molar-refractivity contribution in [1.82, 2.24) is 18.8 Å². The number of hydrogen-bond acceptors (Lipinski definition) is 7. The Kier molecular flexibility index (Phi) is 12.0. The highest BCUT2D eigenvalue weighted by Crippen LogP contribution is 2.40. The van der Waals surface area contributed by atoms with Crippen LogP contribution in [0.15, 0.2) is 36.4 Å². The number of urea groups is 1. The van der Waals surface area contributed by atoms with E-state index in [1.165, 1.54) is 49.6 Å². The number of carbonyl (C=O) groups is 1. The molecule has 2 fully saturated rings. The first kappa shape index (κ1) is 34.0. The first-order chi connectivity index (χ1) is 19.5. The van der Waals surface area contributed by atoms with Gasteiger partial charge in [0.05, 0.1) is 33.1 Å². The van der Waals surface area contributed by atoms with Crippen LogP contribution in [0, 0.1) is 5.92 Å². The highest BCUT2D eigenvalue weighted by atomic mass is 35.5. The number of rotatable bonds is 10. The number of halogens is 2. The van der Waals surface area contributed by atoms with Crippen LogP contribution in [0.5, 0.6) is 17.2 Å². The summed E-state index contributed by atoms with van der Waals surface area (Å²) in [5, 5.41) is 6.60. The first-order valence-corrected chi connectivity index (χ1v) is 15.4. The maximum atomic E-state index is 13.2. The van der Waals surface area contributed by atoms with Crippen LogP contribution >= 0.6 is 24.0 Å². The number of hydrogen-bond donors (Lipinski definition) is 2. The maximum absolute atomic E-state index is 13.2. The van der Waals surface area contributed by atoms with Gasteiger partial charge in [0.25, 0.3) is 10.2 Å². The maximum Gasteiger partial charge on any atom is 0.319 e.